The number of hydrogen-bond donors (Lipinski definition) is 1. The molecule has 5 atom stereocenters. The number of ether oxygens (including phenoxy) is 10. The molecule has 6 aromatic carbocycles. The largest absolute Gasteiger partial charge is 0.497 e. The number of nitrogens with zero attached hydrogens (tertiary/aromatic N) is 2. The van der Waals surface area contributed by atoms with E-state index >= 15 is 0 Å². The molecule has 0 aliphatic carbocycles. The minimum atomic E-state index is -1.40. The Morgan fingerprint density at radius 2 is 0.697 bits per heavy atom. The van der Waals surface area contributed by atoms with Crippen molar-refractivity contribution in [2.24, 2.45) is 0 Å². The van der Waals surface area contributed by atoms with Crippen LogP contribution in [-0.2, 0) is 67.8 Å². The molecule has 19 nitrogen and oxygen atoms in total. The van der Waals surface area contributed by atoms with Gasteiger partial charge in [0.25, 0.3) is 8.53 Å². The molecule has 0 bridgehead atoms. The summed E-state index contributed by atoms with van der Waals surface area (Å²) in [5.74, 6) is 1.28. The number of carbonyl (C=O) groups is 4. The van der Waals surface area contributed by atoms with Gasteiger partial charge in [0, 0.05) is 59.6 Å². The van der Waals surface area contributed by atoms with Gasteiger partial charge in [-0.25, -0.2) is 4.67 Å². The van der Waals surface area contributed by atoms with Gasteiger partial charge in [0.2, 0.25) is 0 Å². The number of nitriles is 1. The van der Waals surface area contributed by atoms with Crippen molar-refractivity contribution in [3.63, 3.8) is 0 Å². The number of carbonyl (C=O) groups excluding carboxylic acids is 4. The van der Waals surface area contributed by atoms with E-state index in [0.29, 0.717) is 58.3 Å². The van der Waals surface area contributed by atoms with E-state index in [0.717, 1.165) is 94.9 Å². The molecule has 0 aromatic heterocycles. The zero-order valence-corrected chi connectivity index (χ0v) is 60.9. The first-order valence-corrected chi connectivity index (χ1v) is 35.4. The molecule has 0 amide bonds. The lowest BCUT2D eigenvalue weighted by molar-refractivity contribution is -0.166. The Bertz CT molecular complexity index is 3190. The van der Waals surface area contributed by atoms with Gasteiger partial charge in [0.15, 0.2) is 0 Å². The van der Waals surface area contributed by atoms with E-state index < -0.39 is 68.0 Å². The van der Waals surface area contributed by atoms with Gasteiger partial charge >= 0.3 is 23.9 Å². The molecular weight excluding hydrogens is 1280 g/mol. The van der Waals surface area contributed by atoms with E-state index in [1.165, 1.54) is 27.7 Å². The van der Waals surface area contributed by atoms with Crippen LogP contribution in [0.25, 0.3) is 0 Å². The van der Waals surface area contributed by atoms with Crippen molar-refractivity contribution in [1.82, 2.24) is 4.67 Å². The predicted molar refractivity (Wildman–Crippen MR) is 382 cm³/mol. The molecule has 0 aliphatic heterocycles. The highest BCUT2D eigenvalue weighted by Gasteiger charge is 2.40. The summed E-state index contributed by atoms with van der Waals surface area (Å²) in [6, 6.07) is 54.5. The van der Waals surface area contributed by atoms with Gasteiger partial charge in [-0.1, -0.05) is 122 Å². The smallest absolute Gasteiger partial charge is 0.303 e. The van der Waals surface area contributed by atoms with Crippen LogP contribution in [0.5, 0.6) is 23.0 Å². The molecule has 0 heterocycles. The number of benzene rings is 6. The second kappa shape index (κ2) is 44.3. The fraction of sp³-hybridized carbons (Fsp3) is 0.481. The van der Waals surface area contributed by atoms with E-state index in [4.69, 9.17) is 61.7 Å². The fourth-order valence-corrected chi connectivity index (χ4v) is 13.6. The third-order valence-electron chi connectivity index (χ3n) is 16.5. The van der Waals surface area contributed by atoms with E-state index in [2.05, 4.69) is 62.7 Å². The molecule has 0 saturated heterocycles. The minimum absolute atomic E-state index is 0.0343. The summed E-state index contributed by atoms with van der Waals surface area (Å²) < 4.78 is 72.6. The van der Waals surface area contributed by atoms with Gasteiger partial charge in [-0.2, -0.15) is 5.26 Å². The summed E-state index contributed by atoms with van der Waals surface area (Å²) in [5, 5.41) is 18.3. The Hall–Kier alpha value is -7.92. The zero-order valence-electron chi connectivity index (χ0n) is 60.0. The molecule has 0 radical (unpaired) electrons. The van der Waals surface area contributed by atoms with Crippen molar-refractivity contribution in [2.45, 2.75) is 187 Å². The van der Waals surface area contributed by atoms with E-state index in [-0.39, 0.29) is 31.7 Å². The van der Waals surface area contributed by atoms with Gasteiger partial charge in [-0.15, -0.1) is 0 Å². The third kappa shape index (κ3) is 26.0. The van der Waals surface area contributed by atoms with E-state index in [1.54, 1.807) is 28.4 Å². The number of aliphatic hydroxyl groups excluding tert-OH is 1. The molecule has 1 N–H and O–H groups in total. The number of aliphatic hydroxyl groups is 1. The van der Waals surface area contributed by atoms with Crippen molar-refractivity contribution < 1.29 is 80.7 Å². The second-order valence-corrected chi connectivity index (χ2v) is 25.8. The van der Waals surface area contributed by atoms with Crippen LogP contribution in [-0.4, -0.2) is 132 Å². The molecule has 0 aliphatic rings. The van der Waals surface area contributed by atoms with Crippen LogP contribution < -0.4 is 18.9 Å². The van der Waals surface area contributed by atoms with Crippen molar-refractivity contribution in [3.8, 4) is 29.1 Å². The summed E-state index contributed by atoms with van der Waals surface area (Å²) in [4.78, 5) is 48.0. The van der Waals surface area contributed by atoms with Gasteiger partial charge in [-0.3, -0.25) is 19.2 Å². The standard InChI is InChI=1S/C44H61N2O9P.C35H44O8/c1-33(2)46(34(3)4)56(53-32-16-29-45)52-31-15-20-43(55-36(6)48)42(54-35(5)47)19-13-10-14-30-51-44(37-17-11-9-12-18-37,38-21-25-40(49-7)26-22-38)39-23-27-41(50-8)28-24-39;1-26(37)42-33(34(15-11-24-36)43-27(2)38)14-9-6-10-25-41-35(28-12-7-5-8-13-28,29-16-20-31(39-3)21-17-29)30-18-22-32(40-4)23-19-30/h9,11-12,17-18,21-28,33-34,42-43H,10,13-16,19-20,30-32H2,1-8H3;5,7-8,12-13,16-23,33-34,36H,6,9-11,14-15,24-25H2,1-4H3. The number of methoxy groups -OCH3 is 4. The number of unbranched alkanes of at least 4 members (excludes halogenated alkanes) is 4. The van der Waals surface area contributed by atoms with Crippen LogP contribution in [0, 0.1) is 11.3 Å². The summed E-state index contributed by atoms with van der Waals surface area (Å²) in [6.45, 7) is 15.2. The Morgan fingerprint density at radius 1 is 0.404 bits per heavy atom. The molecule has 99 heavy (non-hydrogen) atoms. The molecule has 0 fully saturated rings. The topological polar surface area (TPSA) is 226 Å². The van der Waals surface area contributed by atoms with Gasteiger partial charge < -0.3 is 61.5 Å². The molecule has 20 heteroatoms. The third-order valence-corrected chi connectivity index (χ3v) is 18.6. The maximum absolute atomic E-state index is 12.3. The highest BCUT2D eigenvalue weighted by Crippen LogP contribution is 2.47. The lowest BCUT2D eigenvalue weighted by Gasteiger charge is -2.36. The predicted octanol–water partition coefficient (Wildman–Crippen LogP) is 15.7. The Labute approximate surface area is 588 Å². The lowest BCUT2D eigenvalue weighted by atomic mass is 9.80. The number of esters is 4. The SMILES string of the molecule is COc1ccc(C(OCCCCCC(OC(C)=O)C(CCCO)OC(C)=O)(c2ccccc2)c2ccc(OC)cc2)cc1.COc1ccc(C(OCCCCCC(OC(C)=O)C(CCCOP(OCCC#N)N(C(C)C)C(C)C)OC(C)=O)(c2ccccc2)c2ccc(OC)cc2)cc1. The van der Waals surface area contributed by atoms with Crippen LogP contribution in [0.15, 0.2) is 158 Å². The Balaban J connectivity index is 0.000000369. The molecule has 6 aromatic rings. The Morgan fingerprint density at radius 3 is 0.980 bits per heavy atom. The van der Waals surface area contributed by atoms with Crippen molar-refractivity contribution in [2.75, 3.05) is 61.5 Å². The highest BCUT2D eigenvalue weighted by molar-refractivity contribution is 7.44. The lowest BCUT2D eigenvalue weighted by Crippen LogP contribution is -2.35. The van der Waals surface area contributed by atoms with Crippen LogP contribution in [0.2, 0.25) is 0 Å². The quantitative estimate of drug-likeness (QED) is 0.0123. The molecule has 5 unspecified atom stereocenters. The summed E-state index contributed by atoms with van der Waals surface area (Å²) >= 11 is 0. The average Bonchev–Trinajstić information content (AvgIpc) is 0.763. The molecule has 0 spiro atoms. The van der Waals surface area contributed by atoms with Crippen molar-refractivity contribution in [1.29, 1.82) is 5.26 Å². The van der Waals surface area contributed by atoms with Crippen molar-refractivity contribution in [3.05, 3.63) is 191 Å². The van der Waals surface area contributed by atoms with Crippen LogP contribution >= 0.6 is 8.53 Å². The average molecular weight is 1390 g/mol. The molecule has 0 saturated carbocycles. The summed E-state index contributed by atoms with van der Waals surface area (Å²) in [6.07, 6.45) is 5.28. The first kappa shape index (κ1) is 81.8. The van der Waals surface area contributed by atoms with Crippen LogP contribution in [0.4, 0.5) is 0 Å². The van der Waals surface area contributed by atoms with E-state index in [9.17, 15) is 24.3 Å². The van der Waals surface area contributed by atoms with Crippen molar-refractivity contribution >= 4 is 32.4 Å². The fourth-order valence-electron chi connectivity index (χ4n) is 12.0. The molecular formula is C79H105N2O17P. The first-order chi connectivity index (χ1) is 47.8. The second-order valence-electron chi connectivity index (χ2n) is 24.4. The van der Waals surface area contributed by atoms with Gasteiger partial charge in [0.05, 0.1) is 54.1 Å². The number of rotatable bonds is 44. The van der Waals surface area contributed by atoms with Crippen LogP contribution in [0.1, 0.15) is 172 Å². The van der Waals surface area contributed by atoms with E-state index in [1.807, 2.05) is 133 Å². The van der Waals surface area contributed by atoms with Gasteiger partial charge in [0.1, 0.15) is 58.6 Å². The maximum atomic E-state index is 12.3. The normalized spacial score (nSPS) is 13.0. The monoisotopic (exact) mass is 1380 g/mol. The first-order valence-electron chi connectivity index (χ1n) is 34.3. The minimum Gasteiger partial charge on any atom is -0.497 e. The van der Waals surface area contributed by atoms with Gasteiger partial charge in [-0.05, 0) is 174 Å². The summed E-state index contributed by atoms with van der Waals surface area (Å²) in [5.41, 5.74) is 4.03. The highest BCUT2D eigenvalue weighted by atomic mass is 31.2. The molecule has 6 rings (SSSR count). The maximum Gasteiger partial charge on any atom is 0.303 e. The Kier molecular flexibility index (Phi) is 36.6. The zero-order chi connectivity index (χ0) is 72.0. The molecule has 538 valence electrons. The summed E-state index contributed by atoms with van der Waals surface area (Å²) in [7, 11) is 5.19. The number of hydrogen-bond acceptors (Lipinski definition) is 19. The van der Waals surface area contributed by atoms with Crippen LogP contribution in [0.3, 0.4) is 0 Å².